The van der Waals surface area contributed by atoms with Crippen LogP contribution in [0.1, 0.15) is 41.0 Å². The van der Waals surface area contributed by atoms with Crippen LogP contribution in [0.15, 0.2) is 103 Å². The number of β-lactam (4-membered cyclic amide) rings is 1. The number of esters is 1. The number of anilines is 1. The van der Waals surface area contributed by atoms with Gasteiger partial charge in [-0.3, -0.25) is 19.8 Å². The molecule has 0 radical (unpaired) electrons. The minimum Gasteiger partial charge on any atom is -0.497 e. The highest BCUT2D eigenvalue weighted by Gasteiger charge is 2.74. The van der Waals surface area contributed by atoms with E-state index in [-0.39, 0.29) is 30.4 Å². The van der Waals surface area contributed by atoms with Crippen molar-refractivity contribution in [3.05, 3.63) is 135 Å². The van der Waals surface area contributed by atoms with Gasteiger partial charge in [-0.1, -0.05) is 66.7 Å². The highest BCUT2D eigenvalue weighted by Crippen LogP contribution is 2.57. The molecule has 6 atom stereocenters. The predicted octanol–water partition coefficient (Wildman–Crippen LogP) is 5.37. The van der Waals surface area contributed by atoms with Gasteiger partial charge in [-0.05, 0) is 65.6 Å². The van der Waals surface area contributed by atoms with Crippen LogP contribution in [0.5, 0.6) is 11.5 Å². The van der Waals surface area contributed by atoms with Crippen LogP contribution in [0.25, 0.3) is 0 Å². The van der Waals surface area contributed by atoms with E-state index >= 15 is 0 Å². The van der Waals surface area contributed by atoms with Gasteiger partial charge >= 0.3 is 5.97 Å². The zero-order chi connectivity index (χ0) is 33.6. The third kappa shape index (κ3) is 4.81. The number of amides is 1. The lowest BCUT2D eigenvalue weighted by molar-refractivity contribution is -0.529. The van der Waals surface area contributed by atoms with Crippen molar-refractivity contribution in [2.24, 2.45) is 0 Å². The van der Waals surface area contributed by atoms with Gasteiger partial charge in [0.15, 0.2) is 0 Å². The monoisotopic (exact) mass is 647 g/mol. The molecule has 4 aromatic carbocycles. The summed E-state index contributed by atoms with van der Waals surface area (Å²) in [6.45, 7) is 2.14. The largest absolute Gasteiger partial charge is 0.497 e. The van der Waals surface area contributed by atoms with E-state index in [0.29, 0.717) is 22.7 Å². The number of hydrogen-bond acceptors (Lipinski definition) is 8. The molecule has 2 saturated heterocycles. The number of fused-ring (bicyclic) bond motifs is 2. The Balaban J connectivity index is 1.48. The van der Waals surface area contributed by atoms with Crippen LogP contribution < -0.4 is 14.4 Å². The fourth-order valence-corrected chi connectivity index (χ4v) is 8.32. The van der Waals surface area contributed by atoms with Crippen LogP contribution in [0.4, 0.5) is 5.69 Å². The predicted molar refractivity (Wildman–Crippen MR) is 179 cm³/mol. The lowest BCUT2D eigenvalue weighted by Gasteiger charge is -2.53. The lowest BCUT2D eigenvalue weighted by atomic mass is 9.71. The molecular formula is C38H37N3O7. The number of hydrogen-bond donors (Lipinski definition) is 0. The van der Waals surface area contributed by atoms with Crippen molar-refractivity contribution < 1.29 is 28.7 Å². The summed E-state index contributed by atoms with van der Waals surface area (Å²) in [5.74, 6) is -1.02. The first kappa shape index (κ1) is 31.4. The molecule has 246 valence electrons. The minimum atomic E-state index is -1.42. The quantitative estimate of drug-likeness (QED) is 0.103. The summed E-state index contributed by atoms with van der Waals surface area (Å²) in [7, 11) is 3.13. The van der Waals surface area contributed by atoms with E-state index in [4.69, 9.17) is 14.2 Å². The molecule has 0 aliphatic carbocycles. The van der Waals surface area contributed by atoms with E-state index in [1.807, 2.05) is 71.6 Å². The van der Waals surface area contributed by atoms with E-state index in [1.165, 1.54) is 0 Å². The van der Waals surface area contributed by atoms with Crippen LogP contribution in [-0.4, -0.2) is 66.2 Å². The van der Waals surface area contributed by atoms with Gasteiger partial charge in [-0.25, -0.2) is 4.79 Å². The van der Waals surface area contributed by atoms with Gasteiger partial charge in [0.25, 0.3) is 0 Å². The second-order valence-electron chi connectivity index (χ2n) is 12.5. The number of rotatable bonds is 9. The first-order valence-electron chi connectivity index (χ1n) is 16.1. The summed E-state index contributed by atoms with van der Waals surface area (Å²) in [6.07, 6.45) is 0.221. The standard InChI is InChI=1S/C38H37N3O7/c1-4-48-37(43)38-22-26-12-8-9-13-27(26)23-39(38)35(34(41(44)45)32(38)25-14-18-29(46-2)19-15-25)33-31(24-10-6-5-7-11-24)36(42)40(33)28-16-20-30(47-3)21-17-28/h5-21,31-35H,4,22-23H2,1-3H3. The number of benzene rings is 4. The first-order valence-corrected chi connectivity index (χ1v) is 16.1. The van der Waals surface area contributed by atoms with Gasteiger partial charge in [-0.15, -0.1) is 0 Å². The highest BCUT2D eigenvalue weighted by atomic mass is 16.6. The maximum atomic E-state index is 14.6. The van der Waals surface area contributed by atoms with Gasteiger partial charge in [-0.2, -0.15) is 0 Å². The number of carbonyl (C=O) groups is 2. The molecule has 6 unspecified atom stereocenters. The Morgan fingerprint density at radius 2 is 1.44 bits per heavy atom. The molecule has 0 spiro atoms. The Morgan fingerprint density at radius 3 is 2.04 bits per heavy atom. The molecule has 2 fully saturated rings. The molecular weight excluding hydrogens is 610 g/mol. The van der Waals surface area contributed by atoms with Crippen molar-refractivity contribution in [2.45, 2.75) is 55.4 Å². The summed E-state index contributed by atoms with van der Waals surface area (Å²) >= 11 is 0. The Morgan fingerprint density at radius 1 is 0.833 bits per heavy atom. The number of methoxy groups -OCH3 is 2. The molecule has 7 rings (SSSR count). The molecule has 3 aliphatic rings. The highest BCUT2D eigenvalue weighted by molar-refractivity contribution is 6.07. The zero-order valence-electron chi connectivity index (χ0n) is 27.0. The maximum Gasteiger partial charge on any atom is 0.327 e. The molecule has 10 nitrogen and oxygen atoms in total. The zero-order valence-corrected chi connectivity index (χ0v) is 27.0. The average Bonchev–Trinajstić information content (AvgIpc) is 3.41. The molecule has 0 N–H and O–H groups in total. The van der Waals surface area contributed by atoms with Gasteiger partial charge in [0.2, 0.25) is 11.9 Å². The topological polar surface area (TPSA) is 111 Å². The minimum absolute atomic E-state index is 0.117. The molecule has 3 heterocycles. The summed E-state index contributed by atoms with van der Waals surface area (Å²) in [4.78, 5) is 45.9. The SMILES string of the molecule is CCOC(=O)C12Cc3ccccc3CN1C(C1C(c3ccccc3)C(=O)N1c1ccc(OC)cc1)C([N+](=O)[O-])C2c1ccc(OC)cc1. The van der Waals surface area contributed by atoms with Gasteiger partial charge < -0.3 is 19.1 Å². The van der Waals surface area contributed by atoms with Gasteiger partial charge in [0.05, 0.1) is 38.7 Å². The number of carbonyl (C=O) groups excluding carboxylic acids is 2. The van der Waals surface area contributed by atoms with Crippen molar-refractivity contribution in [1.82, 2.24) is 4.90 Å². The summed E-state index contributed by atoms with van der Waals surface area (Å²) in [5.41, 5.74) is 2.51. The molecule has 3 aliphatic heterocycles. The van der Waals surface area contributed by atoms with E-state index in [0.717, 1.165) is 16.7 Å². The second-order valence-corrected chi connectivity index (χ2v) is 12.5. The van der Waals surface area contributed by atoms with Crippen molar-refractivity contribution in [3.8, 4) is 11.5 Å². The van der Waals surface area contributed by atoms with Crippen molar-refractivity contribution >= 4 is 17.6 Å². The number of ether oxygens (including phenoxy) is 3. The first-order chi connectivity index (χ1) is 23.3. The van der Waals surface area contributed by atoms with Crippen molar-refractivity contribution in [3.63, 3.8) is 0 Å². The Labute approximate surface area is 279 Å². The van der Waals surface area contributed by atoms with Gasteiger partial charge in [0.1, 0.15) is 23.1 Å². The Hall–Kier alpha value is -5.22. The Bertz CT molecular complexity index is 1830. The summed E-state index contributed by atoms with van der Waals surface area (Å²) in [6, 6.07) is 28.7. The Kier molecular flexibility index (Phi) is 8.12. The van der Waals surface area contributed by atoms with Crippen molar-refractivity contribution in [2.75, 3.05) is 25.7 Å². The molecule has 0 aromatic heterocycles. The van der Waals surface area contributed by atoms with E-state index < -0.39 is 41.5 Å². The molecule has 1 amide bonds. The van der Waals surface area contributed by atoms with Gasteiger partial charge in [0, 0.05) is 23.6 Å². The van der Waals surface area contributed by atoms with Crippen molar-refractivity contribution in [1.29, 1.82) is 0 Å². The summed E-state index contributed by atoms with van der Waals surface area (Å²) < 4.78 is 16.7. The van der Waals surface area contributed by atoms with E-state index in [9.17, 15) is 19.7 Å². The molecule has 0 saturated carbocycles. The van der Waals surface area contributed by atoms with Crippen LogP contribution in [0.3, 0.4) is 0 Å². The average molecular weight is 648 g/mol. The molecule has 10 heteroatoms. The fraction of sp³-hybridized carbons (Fsp3) is 0.316. The smallest absolute Gasteiger partial charge is 0.327 e. The van der Waals surface area contributed by atoms with Crippen LogP contribution in [-0.2, 0) is 27.3 Å². The number of nitrogens with zero attached hydrogens (tertiary/aromatic N) is 3. The van der Waals surface area contributed by atoms with Crippen LogP contribution in [0.2, 0.25) is 0 Å². The normalized spacial score (nSPS) is 26.2. The maximum absolute atomic E-state index is 14.6. The van der Waals surface area contributed by atoms with Crippen LogP contribution in [0, 0.1) is 10.1 Å². The van der Waals surface area contributed by atoms with E-state index in [1.54, 1.807) is 62.4 Å². The third-order valence-electron chi connectivity index (χ3n) is 10.3. The van der Waals surface area contributed by atoms with Crippen LogP contribution >= 0.6 is 0 Å². The summed E-state index contributed by atoms with van der Waals surface area (Å²) in [5, 5.41) is 13.6. The lowest BCUT2D eigenvalue weighted by Crippen LogP contribution is -2.71. The molecule has 4 aromatic rings. The van der Waals surface area contributed by atoms with E-state index in [2.05, 4.69) is 0 Å². The number of nitro groups is 1. The molecule has 0 bridgehead atoms. The third-order valence-corrected chi connectivity index (χ3v) is 10.3. The fourth-order valence-electron chi connectivity index (χ4n) is 8.32. The second kappa shape index (κ2) is 12.4. The molecule has 48 heavy (non-hydrogen) atoms.